The Labute approximate surface area is 75.3 Å². The molecule has 0 bridgehead atoms. The van der Waals surface area contributed by atoms with Gasteiger partial charge >= 0.3 is 6.18 Å². The van der Waals surface area contributed by atoms with Gasteiger partial charge in [-0.05, 0) is 6.42 Å². The van der Waals surface area contributed by atoms with Gasteiger partial charge in [-0.15, -0.1) is 12.4 Å². The van der Waals surface area contributed by atoms with E-state index >= 15 is 0 Å². The number of hydrogen-bond donors (Lipinski definition) is 2. The minimum atomic E-state index is -4.33. The largest absolute Gasteiger partial charge is 0.391 e. The van der Waals surface area contributed by atoms with Gasteiger partial charge in [-0.1, -0.05) is 6.92 Å². The van der Waals surface area contributed by atoms with Crippen molar-refractivity contribution in [3.8, 4) is 0 Å². The topological polar surface area (TPSA) is 46.2 Å². The first-order valence-corrected chi connectivity index (χ1v) is 3.37. The zero-order chi connectivity index (χ0) is 9.07. The van der Waals surface area contributed by atoms with E-state index in [1.165, 1.54) is 0 Å². The fourth-order valence-electron chi connectivity index (χ4n) is 0.661. The number of nitrogens with two attached hydrogens (primary N) is 1. The molecule has 0 aliphatic heterocycles. The van der Waals surface area contributed by atoms with Crippen molar-refractivity contribution in [3.05, 3.63) is 0 Å². The second-order valence-corrected chi connectivity index (χ2v) is 2.46. The van der Waals surface area contributed by atoms with E-state index in [1.54, 1.807) is 6.92 Å². The Balaban J connectivity index is 0. The lowest BCUT2D eigenvalue weighted by molar-refractivity contribution is -0.155. The molecule has 0 rings (SSSR count). The van der Waals surface area contributed by atoms with Gasteiger partial charge in [-0.2, -0.15) is 13.2 Å². The average molecular weight is 208 g/mol. The molecule has 0 saturated carbocycles. The molecule has 0 amide bonds. The van der Waals surface area contributed by atoms with Crippen LogP contribution >= 0.6 is 12.4 Å². The first kappa shape index (κ1) is 14.5. The summed E-state index contributed by atoms with van der Waals surface area (Å²) in [4.78, 5) is 0. The van der Waals surface area contributed by atoms with Gasteiger partial charge in [-0.3, -0.25) is 0 Å². The van der Waals surface area contributed by atoms with E-state index in [0.29, 0.717) is 6.42 Å². The molecular weight excluding hydrogens is 195 g/mol. The molecule has 0 aromatic rings. The number of halogens is 4. The summed E-state index contributed by atoms with van der Waals surface area (Å²) in [6.07, 6.45) is -6.68. The maximum atomic E-state index is 11.6. The van der Waals surface area contributed by atoms with E-state index in [1.807, 2.05) is 0 Å². The van der Waals surface area contributed by atoms with Crippen LogP contribution in [0.25, 0.3) is 0 Å². The molecule has 0 spiro atoms. The van der Waals surface area contributed by atoms with Crippen molar-refractivity contribution in [3.63, 3.8) is 0 Å². The number of hydrogen-bond acceptors (Lipinski definition) is 2. The first-order chi connectivity index (χ1) is 4.87. The van der Waals surface area contributed by atoms with Crippen LogP contribution in [0.15, 0.2) is 0 Å². The fourth-order valence-corrected chi connectivity index (χ4v) is 0.661. The van der Waals surface area contributed by atoms with Crippen LogP contribution in [-0.2, 0) is 0 Å². The Kier molecular flexibility index (Phi) is 6.79. The predicted octanol–water partition coefficient (Wildman–Crippen LogP) is 1.46. The van der Waals surface area contributed by atoms with E-state index < -0.39 is 24.7 Å². The SMILES string of the molecule is CCC(N)C(O)CC(F)(F)F.Cl. The maximum Gasteiger partial charge on any atom is 0.391 e. The van der Waals surface area contributed by atoms with E-state index in [0.717, 1.165) is 0 Å². The second kappa shape index (κ2) is 5.61. The van der Waals surface area contributed by atoms with Crippen LogP contribution in [0.4, 0.5) is 13.2 Å². The van der Waals surface area contributed by atoms with Gasteiger partial charge in [-0.25, -0.2) is 0 Å². The van der Waals surface area contributed by atoms with Gasteiger partial charge in [0, 0.05) is 6.04 Å². The predicted molar refractivity (Wildman–Crippen MR) is 42.2 cm³/mol. The molecule has 0 saturated heterocycles. The number of aliphatic hydroxyl groups is 1. The summed E-state index contributed by atoms with van der Waals surface area (Å²) in [7, 11) is 0. The van der Waals surface area contributed by atoms with Gasteiger partial charge in [0.2, 0.25) is 0 Å². The zero-order valence-corrected chi connectivity index (χ0v) is 7.45. The highest BCUT2D eigenvalue weighted by Gasteiger charge is 2.32. The van der Waals surface area contributed by atoms with Crippen LogP contribution in [0.1, 0.15) is 19.8 Å². The van der Waals surface area contributed by atoms with Crippen LogP contribution in [0, 0.1) is 0 Å². The van der Waals surface area contributed by atoms with Crippen molar-refractivity contribution in [1.29, 1.82) is 0 Å². The minimum absolute atomic E-state index is 0. The van der Waals surface area contributed by atoms with Crippen molar-refractivity contribution in [1.82, 2.24) is 0 Å². The molecular formula is C6H13ClF3NO. The lowest BCUT2D eigenvalue weighted by atomic mass is 10.1. The lowest BCUT2D eigenvalue weighted by Crippen LogP contribution is -2.37. The third-order valence-electron chi connectivity index (χ3n) is 1.41. The summed E-state index contributed by atoms with van der Waals surface area (Å²) in [6.45, 7) is 1.63. The van der Waals surface area contributed by atoms with E-state index in [4.69, 9.17) is 10.8 Å². The highest BCUT2D eigenvalue weighted by molar-refractivity contribution is 5.85. The third kappa shape index (κ3) is 6.69. The van der Waals surface area contributed by atoms with Crippen LogP contribution in [0.2, 0.25) is 0 Å². The maximum absolute atomic E-state index is 11.6. The quantitative estimate of drug-likeness (QED) is 0.736. The monoisotopic (exact) mass is 207 g/mol. The summed E-state index contributed by atoms with van der Waals surface area (Å²) in [5.41, 5.74) is 5.17. The highest BCUT2D eigenvalue weighted by Crippen LogP contribution is 2.22. The lowest BCUT2D eigenvalue weighted by Gasteiger charge is -2.18. The molecule has 0 fully saturated rings. The molecule has 3 N–H and O–H groups in total. The fraction of sp³-hybridized carbons (Fsp3) is 1.00. The Morgan fingerprint density at radius 3 is 2.08 bits per heavy atom. The molecule has 0 aliphatic rings. The van der Waals surface area contributed by atoms with Crippen LogP contribution in [0.3, 0.4) is 0 Å². The molecule has 0 aliphatic carbocycles. The summed E-state index contributed by atoms with van der Waals surface area (Å²) >= 11 is 0. The van der Waals surface area contributed by atoms with Gasteiger partial charge in [0.25, 0.3) is 0 Å². The summed E-state index contributed by atoms with van der Waals surface area (Å²) in [6, 6.07) is -0.781. The molecule has 12 heavy (non-hydrogen) atoms. The van der Waals surface area contributed by atoms with Crippen LogP contribution in [-0.4, -0.2) is 23.4 Å². The minimum Gasteiger partial charge on any atom is -0.391 e. The molecule has 76 valence electrons. The smallest absolute Gasteiger partial charge is 0.391 e. The molecule has 2 atom stereocenters. The second-order valence-electron chi connectivity index (χ2n) is 2.46. The zero-order valence-electron chi connectivity index (χ0n) is 6.64. The van der Waals surface area contributed by atoms with E-state index in [9.17, 15) is 13.2 Å². The summed E-state index contributed by atoms with van der Waals surface area (Å²) in [5.74, 6) is 0. The van der Waals surface area contributed by atoms with Crippen molar-refractivity contribution >= 4 is 12.4 Å². The average Bonchev–Trinajstić information content (AvgIpc) is 1.82. The molecule has 0 aromatic heterocycles. The van der Waals surface area contributed by atoms with Gasteiger partial charge in [0.05, 0.1) is 12.5 Å². The Hall–Kier alpha value is -0.0000000000000000555. The standard InChI is InChI=1S/C6H12F3NO.ClH/c1-2-4(10)5(11)3-6(7,8)9;/h4-5,11H,2-3,10H2,1H3;1H. The molecule has 2 unspecified atom stereocenters. The Bertz CT molecular complexity index is 120. The van der Waals surface area contributed by atoms with Crippen LogP contribution in [0.5, 0.6) is 0 Å². The van der Waals surface area contributed by atoms with Gasteiger partial charge in [0.15, 0.2) is 0 Å². The van der Waals surface area contributed by atoms with E-state index in [-0.39, 0.29) is 12.4 Å². The number of alkyl halides is 3. The van der Waals surface area contributed by atoms with E-state index in [2.05, 4.69) is 0 Å². The molecule has 2 nitrogen and oxygen atoms in total. The van der Waals surface area contributed by atoms with Crippen LogP contribution < -0.4 is 5.73 Å². The highest BCUT2D eigenvalue weighted by atomic mass is 35.5. The Morgan fingerprint density at radius 1 is 1.42 bits per heavy atom. The normalized spacial score (nSPS) is 16.5. The molecule has 0 aromatic carbocycles. The molecule has 6 heteroatoms. The summed E-state index contributed by atoms with van der Waals surface area (Å²) < 4.78 is 34.8. The third-order valence-corrected chi connectivity index (χ3v) is 1.41. The van der Waals surface area contributed by atoms with Crippen molar-refractivity contribution < 1.29 is 18.3 Å². The van der Waals surface area contributed by atoms with Crippen molar-refractivity contribution in [2.45, 2.75) is 38.1 Å². The van der Waals surface area contributed by atoms with Gasteiger partial charge < -0.3 is 10.8 Å². The first-order valence-electron chi connectivity index (χ1n) is 3.37. The number of rotatable bonds is 3. The molecule has 0 heterocycles. The number of aliphatic hydroxyl groups excluding tert-OH is 1. The molecule has 0 radical (unpaired) electrons. The van der Waals surface area contributed by atoms with Gasteiger partial charge in [0.1, 0.15) is 0 Å². The summed E-state index contributed by atoms with van der Waals surface area (Å²) in [5, 5.41) is 8.81. The van der Waals surface area contributed by atoms with Crippen molar-refractivity contribution in [2.75, 3.05) is 0 Å². The Morgan fingerprint density at radius 2 is 1.83 bits per heavy atom. The van der Waals surface area contributed by atoms with Crippen molar-refractivity contribution in [2.24, 2.45) is 5.73 Å².